The van der Waals surface area contributed by atoms with Crippen molar-refractivity contribution in [2.45, 2.75) is 49.9 Å². The zero-order chi connectivity index (χ0) is 22.7. The summed E-state index contributed by atoms with van der Waals surface area (Å²) in [6.07, 6.45) is -1.96. The van der Waals surface area contributed by atoms with Gasteiger partial charge in [-0.05, 0) is 48.1 Å². The van der Waals surface area contributed by atoms with Crippen molar-refractivity contribution in [2.75, 3.05) is 5.32 Å². The number of aromatic nitrogens is 3. The summed E-state index contributed by atoms with van der Waals surface area (Å²) < 4.78 is 41.5. The second kappa shape index (κ2) is 7.10. The van der Waals surface area contributed by atoms with E-state index in [0.29, 0.717) is 33.6 Å². The molecule has 2 atom stereocenters. The molecule has 0 saturated heterocycles. The lowest BCUT2D eigenvalue weighted by atomic mass is 10.0. The molecule has 3 aromatic rings. The second-order valence-electron chi connectivity index (χ2n) is 8.62. The first-order chi connectivity index (χ1) is 15.2. The maximum absolute atomic E-state index is 13.2. The van der Waals surface area contributed by atoms with Crippen LogP contribution in [-0.2, 0) is 12.8 Å². The van der Waals surface area contributed by atoms with E-state index in [2.05, 4.69) is 21.5 Å². The van der Waals surface area contributed by atoms with Crippen LogP contribution in [0.1, 0.15) is 36.4 Å². The van der Waals surface area contributed by atoms with Crippen molar-refractivity contribution in [3.8, 4) is 6.07 Å². The van der Waals surface area contributed by atoms with Crippen molar-refractivity contribution in [3.05, 3.63) is 51.9 Å². The van der Waals surface area contributed by atoms with Gasteiger partial charge < -0.3 is 15.4 Å². The number of nitrogens with one attached hydrogen (secondary N) is 2. The molecule has 2 aliphatic rings. The maximum Gasteiger partial charge on any atom is 0.417 e. The van der Waals surface area contributed by atoms with Gasteiger partial charge in [-0.2, -0.15) is 23.5 Å². The van der Waals surface area contributed by atoms with Crippen LogP contribution in [0.4, 0.5) is 24.7 Å². The molecule has 2 aliphatic carbocycles. The number of nitriles is 1. The van der Waals surface area contributed by atoms with Crippen LogP contribution in [0.3, 0.4) is 0 Å². The quantitative estimate of drug-likeness (QED) is 0.557. The van der Waals surface area contributed by atoms with Crippen LogP contribution in [0.5, 0.6) is 0 Å². The fraction of sp³-hybridized carbons (Fsp3) is 0.409. The highest BCUT2D eigenvalue weighted by Gasteiger charge is 2.56. The number of nitrogens with zero attached hydrogens (tertiary/aromatic N) is 3. The molecule has 5 rings (SSSR count). The first-order valence-corrected chi connectivity index (χ1v) is 10.3. The Bertz CT molecular complexity index is 1300. The summed E-state index contributed by atoms with van der Waals surface area (Å²) in [5.74, 6) is 0.597. The lowest BCUT2D eigenvalue weighted by molar-refractivity contribution is -0.255. The number of fused-ring (bicyclic) bond motifs is 2. The van der Waals surface area contributed by atoms with Crippen molar-refractivity contribution >= 4 is 22.4 Å². The zero-order valence-corrected chi connectivity index (χ0v) is 16.9. The minimum absolute atomic E-state index is 0.151. The Balaban J connectivity index is 1.52. The maximum atomic E-state index is 13.2. The number of rotatable bonds is 5. The van der Waals surface area contributed by atoms with Gasteiger partial charge in [-0.1, -0.05) is 6.07 Å². The van der Waals surface area contributed by atoms with E-state index >= 15 is 0 Å². The Morgan fingerprint density at radius 3 is 2.75 bits per heavy atom. The molecule has 2 heterocycles. The monoisotopic (exact) mass is 443 g/mol. The summed E-state index contributed by atoms with van der Waals surface area (Å²) in [5, 5.41) is 27.3. The van der Waals surface area contributed by atoms with E-state index in [1.54, 1.807) is 28.9 Å². The SMILES string of the molecule is N#CC[C@@H](C1CC1)n1nc(Nc2ccc3c(c2)C[C@@](O)(C(F)(F)F)C3)c2c(=O)[nH]ccc21. The van der Waals surface area contributed by atoms with E-state index in [-0.39, 0.29) is 23.8 Å². The Morgan fingerprint density at radius 2 is 2.06 bits per heavy atom. The summed E-state index contributed by atoms with van der Waals surface area (Å²) in [4.78, 5) is 15.2. The summed E-state index contributed by atoms with van der Waals surface area (Å²) in [5.41, 5.74) is -1.23. The summed E-state index contributed by atoms with van der Waals surface area (Å²) in [6.45, 7) is 0. The summed E-state index contributed by atoms with van der Waals surface area (Å²) >= 11 is 0. The van der Waals surface area contributed by atoms with Crippen molar-refractivity contribution in [1.29, 1.82) is 5.26 Å². The molecule has 7 nitrogen and oxygen atoms in total. The number of anilines is 2. The highest BCUT2D eigenvalue weighted by atomic mass is 19.4. The van der Waals surface area contributed by atoms with E-state index in [9.17, 15) is 28.3 Å². The molecule has 1 aromatic carbocycles. The van der Waals surface area contributed by atoms with Crippen molar-refractivity contribution in [3.63, 3.8) is 0 Å². The Morgan fingerprint density at radius 1 is 1.31 bits per heavy atom. The molecule has 10 heteroatoms. The predicted molar refractivity (Wildman–Crippen MR) is 110 cm³/mol. The Labute approximate surface area is 180 Å². The normalized spacial score (nSPS) is 21.3. The Hall–Kier alpha value is -3.32. The zero-order valence-electron chi connectivity index (χ0n) is 16.9. The number of H-pyrrole nitrogens is 1. The van der Waals surface area contributed by atoms with Crippen LogP contribution in [0.15, 0.2) is 35.3 Å². The lowest BCUT2D eigenvalue weighted by Gasteiger charge is -2.25. The second-order valence-corrected chi connectivity index (χ2v) is 8.62. The molecule has 0 radical (unpaired) electrons. The van der Waals surface area contributed by atoms with Crippen molar-refractivity contribution < 1.29 is 18.3 Å². The van der Waals surface area contributed by atoms with Gasteiger partial charge in [0.05, 0.1) is 24.0 Å². The third-order valence-electron chi connectivity index (χ3n) is 6.37. The van der Waals surface area contributed by atoms with Crippen LogP contribution < -0.4 is 10.9 Å². The van der Waals surface area contributed by atoms with Gasteiger partial charge in [-0.3, -0.25) is 9.48 Å². The fourth-order valence-electron chi connectivity index (χ4n) is 4.54. The van der Waals surface area contributed by atoms with Gasteiger partial charge in [-0.25, -0.2) is 0 Å². The fourth-order valence-corrected chi connectivity index (χ4v) is 4.54. The lowest BCUT2D eigenvalue weighted by Crippen LogP contribution is -2.45. The number of aromatic amines is 1. The van der Waals surface area contributed by atoms with Crippen molar-refractivity contribution in [1.82, 2.24) is 14.8 Å². The predicted octanol–water partition coefficient (Wildman–Crippen LogP) is 3.72. The third-order valence-corrected chi connectivity index (χ3v) is 6.37. The first kappa shape index (κ1) is 20.6. The minimum Gasteiger partial charge on any atom is -0.380 e. The number of hydrogen-bond donors (Lipinski definition) is 3. The molecule has 1 fully saturated rings. The molecule has 0 spiro atoms. The average Bonchev–Trinajstić information content (AvgIpc) is 3.41. The number of hydrogen-bond acceptors (Lipinski definition) is 5. The van der Waals surface area contributed by atoms with Gasteiger partial charge in [0.1, 0.15) is 5.39 Å². The van der Waals surface area contributed by atoms with Crippen LogP contribution in [0.25, 0.3) is 10.9 Å². The largest absolute Gasteiger partial charge is 0.417 e. The van der Waals surface area contributed by atoms with E-state index in [1.165, 1.54) is 6.20 Å². The Kier molecular flexibility index (Phi) is 4.57. The van der Waals surface area contributed by atoms with Gasteiger partial charge in [0.15, 0.2) is 11.4 Å². The van der Waals surface area contributed by atoms with Crippen LogP contribution in [-0.4, -0.2) is 31.6 Å². The van der Waals surface area contributed by atoms with E-state index in [4.69, 9.17) is 0 Å². The van der Waals surface area contributed by atoms with E-state index in [0.717, 1.165) is 12.8 Å². The highest BCUT2D eigenvalue weighted by Crippen LogP contribution is 2.44. The molecule has 3 N–H and O–H groups in total. The molecule has 32 heavy (non-hydrogen) atoms. The molecule has 0 unspecified atom stereocenters. The van der Waals surface area contributed by atoms with Crippen LogP contribution in [0, 0.1) is 17.2 Å². The summed E-state index contributed by atoms with van der Waals surface area (Å²) in [6, 6.07) is 8.48. The molecule has 0 amide bonds. The van der Waals surface area contributed by atoms with Gasteiger partial charge in [0, 0.05) is 24.7 Å². The molecule has 0 bridgehead atoms. The standard InChI is InChI=1S/C22H20F3N5O2/c23-22(24,25)21(32)10-13-3-4-15(9-14(13)11-21)28-19-18-17(6-8-27-20(18)31)30(29-19)16(5-7-26)12-1-2-12/h3-4,6,8-9,12,16,32H,1-2,5,10-11H2,(H,27,31)(H,28,29)/t16-,21+/m0/s1. The van der Waals surface area contributed by atoms with Gasteiger partial charge in [0.2, 0.25) is 0 Å². The number of benzene rings is 1. The van der Waals surface area contributed by atoms with Gasteiger partial charge in [0.25, 0.3) is 5.56 Å². The molecule has 166 valence electrons. The molecule has 0 aliphatic heterocycles. The topological polar surface area (TPSA) is 107 Å². The highest BCUT2D eigenvalue weighted by molar-refractivity contribution is 5.91. The summed E-state index contributed by atoms with van der Waals surface area (Å²) in [7, 11) is 0. The molecular formula is C22H20F3N5O2. The molecule has 1 saturated carbocycles. The van der Waals surface area contributed by atoms with Gasteiger partial charge in [-0.15, -0.1) is 0 Å². The average molecular weight is 443 g/mol. The number of halogens is 3. The van der Waals surface area contributed by atoms with Crippen LogP contribution in [0.2, 0.25) is 0 Å². The number of pyridine rings is 1. The van der Waals surface area contributed by atoms with Crippen LogP contribution >= 0.6 is 0 Å². The van der Waals surface area contributed by atoms with E-state index < -0.39 is 24.6 Å². The first-order valence-electron chi connectivity index (χ1n) is 10.3. The van der Waals surface area contributed by atoms with E-state index in [1.807, 2.05) is 0 Å². The van der Waals surface area contributed by atoms with Gasteiger partial charge >= 0.3 is 6.18 Å². The molecule has 2 aromatic heterocycles. The van der Waals surface area contributed by atoms with Crippen molar-refractivity contribution in [2.24, 2.45) is 5.92 Å². The third kappa shape index (κ3) is 3.33. The number of aliphatic hydroxyl groups is 1. The molecular weight excluding hydrogens is 423 g/mol. The number of alkyl halides is 3. The minimum atomic E-state index is -4.72. The smallest absolute Gasteiger partial charge is 0.380 e.